The minimum Gasteiger partial charge on any atom is -1.00 e. The first kappa shape index (κ1) is 27.5. The number of carbonyl (C=O) groups is 3. The Hall–Kier alpha value is -2.71. The summed E-state index contributed by atoms with van der Waals surface area (Å²) in [5, 5.41) is 2.95. The molecule has 1 N–H and O–H groups in total. The minimum absolute atomic E-state index is 0. The van der Waals surface area contributed by atoms with Gasteiger partial charge in [0.25, 0.3) is 5.91 Å². The lowest BCUT2D eigenvalue weighted by Crippen LogP contribution is -3.00. The van der Waals surface area contributed by atoms with Crippen LogP contribution in [0.15, 0.2) is 48.5 Å². The number of aryl methyl sites for hydroxylation is 1. The fourth-order valence-electron chi connectivity index (χ4n) is 4.69. The molecule has 1 aliphatic heterocycles. The highest BCUT2D eigenvalue weighted by atomic mass is 79.9. The molecule has 2 unspecified atom stereocenters. The largest absolute Gasteiger partial charge is 1.00 e. The van der Waals surface area contributed by atoms with Crippen LogP contribution in [0.4, 0.5) is 5.69 Å². The van der Waals surface area contributed by atoms with Crippen LogP contribution < -0.4 is 22.3 Å². The van der Waals surface area contributed by atoms with Gasteiger partial charge < -0.3 is 36.3 Å². The molecule has 3 rings (SSSR count). The molecule has 7 nitrogen and oxygen atoms in total. The summed E-state index contributed by atoms with van der Waals surface area (Å²) in [5.41, 5.74) is 2.68. The molecule has 0 aliphatic carbocycles. The van der Waals surface area contributed by atoms with E-state index in [9.17, 15) is 14.4 Å². The Labute approximate surface area is 211 Å². The van der Waals surface area contributed by atoms with Gasteiger partial charge in [0.15, 0.2) is 6.54 Å². The Morgan fingerprint density at radius 3 is 2.50 bits per heavy atom. The molecule has 2 atom stereocenters. The molecule has 2 aromatic carbocycles. The maximum Gasteiger partial charge on any atom is 0.339 e. The van der Waals surface area contributed by atoms with Crippen LogP contribution in [0.2, 0.25) is 0 Å². The Kier molecular flexibility index (Phi) is 10.3. The molecular formula is C26H33BrN2O5. The van der Waals surface area contributed by atoms with Gasteiger partial charge in [0.2, 0.25) is 0 Å². The van der Waals surface area contributed by atoms with Gasteiger partial charge in [-0.2, -0.15) is 0 Å². The fraction of sp³-hybridized carbons (Fsp3) is 0.423. The third-order valence-electron chi connectivity index (χ3n) is 6.20. The number of amides is 1. The topological polar surface area (TPSA) is 81.7 Å². The van der Waals surface area contributed by atoms with E-state index in [1.54, 1.807) is 19.1 Å². The van der Waals surface area contributed by atoms with Crippen molar-refractivity contribution in [1.29, 1.82) is 0 Å². The van der Waals surface area contributed by atoms with E-state index in [0.29, 0.717) is 35.4 Å². The SMILES string of the molecule is CCOC(=O)C1CCC[N+](CC(=O)Nc2c(C)cccc2C(=O)OC)(Cc2ccccc2)C1.[Br-]. The van der Waals surface area contributed by atoms with Gasteiger partial charge in [0, 0.05) is 5.56 Å². The van der Waals surface area contributed by atoms with Crippen LogP contribution in [-0.4, -0.2) is 55.7 Å². The Morgan fingerprint density at radius 2 is 1.82 bits per heavy atom. The van der Waals surface area contributed by atoms with Crippen LogP contribution in [0, 0.1) is 12.8 Å². The number of ether oxygens (including phenoxy) is 2. The van der Waals surface area contributed by atoms with Crippen molar-refractivity contribution in [1.82, 2.24) is 0 Å². The van der Waals surface area contributed by atoms with Gasteiger partial charge in [0.1, 0.15) is 12.5 Å². The van der Waals surface area contributed by atoms with E-state index in [2.05, 4.69) is 5.32 Å². The second-order valence-electron chi connectivity index (χ2n) is 8.68. The van der Waals surface area contributed by atoms with Crippen molar-refractivity contribution >= 4 is 23.5 Å². The average Bonchev–Trinajstić information content (AvgIpc) is 2.80. The van der Waals surface area contributed by atoms with Crippen molar-refractivity contribution in [2.45, 2.75) is 33.2 Å². The number of hydrogen-bond acceptors (Lipinski definition) is 5. The first-order chi connectivity index (χ1) is 15.9. The van der Waals surface area contributed by atoms with E-state index in [4.69, 9.17) is 9.47 Å². The predicted molar refractivity (Wildman–Crippen MR) is 126 cm³/mol. The standard InChI is InChI=1S/C26H32N2O5.BrH/c1-4-33-25(30)21-13-9-15-28(17-21,16-20-11-6-5-7-12-20)18-23(29)27-24-19(2)10-8-14-22(24)26(31)32-3;/h5-8,10-12,14,21H,4,9,13,15-18H2,1-3H3;1H. The number of esters is 2. The number of benzene rings is 2. The van der Waals surface area contributed by atoms with Gasteiger partial charge in [-0.05, 0) is 38.3 Å². The van der Waals surface area contributed by atoms with Crippen LogP contribution in [0.5, 0.6) is 0 Å². The third kappa shape index (κ3) is 6.90. The number of nitrogens with one attached hydrogen (secondary N) is 1. The molecule has 0 radical (unpaired) electrons. The van der Waals surface area contributed by atoms with Crippen LogP contribution >= 0.6 is 0 Å². The number of rotatable bonds is 8. The number of likely N-dealkylation sites (tertiary alicyclic amines) is 1. The van der Waals surface area contributed by atoms with Crippen molar-refractivity contribution in [3.8, 4) is 0 Å². The zero-order valence-corrected chi connectivity index (χ0v) is 21.6. The highest BCUT2D eigenvalue weighted by molar-refractivity contribution is 6.02. The maximum absolute atomic E-state index is 13.3. The lowest BCUT2D eigenvalue weighted by Gasteiger charge is -2.43. The zero-order chi connectivity index (χ0) is 23.8. The van der Waals surface area contributed by atoms with Crippen LogP contribution in [0.25, 0.3) is 0 Å². The molecular weight excluding hydrogens is 500 g/mol. The van der Waals surface area contributed by atoms with Gasteiger partial charge in [-0.3, -0.25) is 9.59 Å². The van der Waals surface area contributed by atoms with Gasteiger partial charge >= 0.3 is 11.9 Å². The highest BCUT2D eigenvalue weighted by Gasteiger charge is 2.40. The lowest BCUT2D eigenvalue weighted by molar-refractivity contribution is -0.940. The quantitative estimate of drug-likeness (QED) is 0.400. The number of halogens is 1. The second kappa shape index (κ2) is 12.7. The van der Waals surface area contributed by atoms with Crippen molar-refractivity contribution in [3.05, 3.63) is 65.2 Å². The molecule has 1 amide bonds. The molecule has 1 fully saturated rings. The highest BCUT2D eigenvalue weighted by Crippen LogP contribution is 2.28. The molecule has 2 aromatic rings. The van der Waals surface area contributed by atoms with Crippen molar-refractivity contribution < 1.29 is 45.3 Å². The summed E-state index contributed by atoms with van der Waals surface area (Å²) in [6, 6.07) is 15.3. The first-order valence-corrected chi connectivity index (χ1v) is 11.4. The molecule has 34 heavy (non-hydrogen) atoms. The Balaban J connectivity index is 0.00000408. The zero-order valence-electron chi connectivity index (χ0n) is 20.0. The van der Waals surface area contributed by atoms with Crippen molar-refractivity contribution in [2.24, 2.45) is 5.92 Å². The number of piperidine rings is 1. The van der Waals surface area contributed by atoms with E-state index < -0.39 is 5.97 Å². The smallest absolute Gasteiger partial charge is 0.339 e. The van der Waals surface area contributed by atoms with E-state index in [1.807, 2.05) is 43.3 Å². The summed E-state index contributed by atoms with van der Waals surface area (Å²) < 4.78 is 10.6. The van der Waals surface area contributed by atoms with Crippen molar-refractivity contribution in [3.63, 3.8) is 0 Å². The van der Waals surface area contributed by atoms with Gasteiger partial charge in [-0.1, -0.05) is 42.5 Å². The number of methoxy groups -OCH3 is 1. The molecule has 184 valence electrons. The molecule has 1 saturated heterocycles. The molecule has 0 spiro atoms. The Morgan fingerprint density at radius 1 is 1.09 bits per heavy atom. The van der Waals surface area contributed by atoms with E-state index >= 15 is 0 Å². The second-order valence-corrected chi connectivity index (χ2v) is 8.68. The lowest BCUT2D eigenvalue weighted by atomic mass is 9.94. The maximum atomic E-state index is 13.3. The van der Waals surface area contributed by atoms with E-state index in [0.717, 1.165) is 30.5 Å². The monoisotopic (exact) mass is 532 g/mol. The van der Waals surface area contributed by atoms with Gasteiger partial charge in [0.05, 0.1) is 38.1 Å². The molecule has 8 heteroatoms. The summed E-state index contributed by atoms with van der Waals surface area (Å²) >= 11 is 0. The van der Waals surface area contributed by atoms with E-state index in [1.165, 1.54) is 7.11 Å². The summed E-state index contributed by atoms with van der Waals surface area (Å²) in [6.07, 6.45) is 1.60. The van der Waals surface area contributed by atoms with Crippen LogP contribution in [0.1, 0.15) is 41.3 Å². The average molecular weight is 533 g/mol. The number of quaternary nitrogens is 1. The van der Waals surface area contributed by atoms with Gasteiger partial charge in [-0.25, -0.2) is 4.79 Å². The first-order valence-electron chi connectivity index (χ1n) is 11.4. The number of nitrogens with zero attached hydrogens (tertiary/aromatic N) is 1. The predicted octanol–water partition coefficient (Wildman–Crippen LogP) is 0.714. The number of hydrogen-bond donors (Lipinski definition) is 1. The Bertz CT molecular complexity index is 998. The van der Waals surface area contributed by atoms with Crippen LogP contribution in [-0.2, 0) is 25.6 Å². The molecule has 1 aliphatic rings. The molecule has 0 saturated carbocycles. The van der Waals surface area contributed by atoms with Crippen LogP contribution in [0.3, 0.4) is 0 Å². The summed E-state index contributed by atoms with van der Waals surface area (Å²) in [5.74, 6) is -1.13. The van der Waals surface area contributed by atoms with Crippen molar-refractivity contribution in [2.75, 3.05) is 38.7 Å². The summed E-state index contributed by atoms with van der Waals surface area (Å²) in [4.78, 5) is 38.0. The molecule has 1 heterocycles. The molecule has 0 aromatic heterocycles. The molecule has 0 bridgehead atoms. The third-order valence-corrected chi connectivity index (χ3v) is 6.20. The fourth-order valence-corrected chi connectivity index (χ4v) is 4.69. The number of anilines is 1. The minimum atomic E-state index is -0.498. The number of carbonyl (C=O) groups excluding carboxylic acids is 3. The normalized spacial score (nSPS) is 19.4. The summed E-state index contributed by atoms with van der Waals surface area (Å²) in [6.45, 7) is 6.16. The van der Waals surface area contributed by atoms with Gasteiger partial charge in [-0.15, -0.1) is 0 Å². The summed E-state index contributed by atoms with van der Waals surface area (Å²) in [7, 11) is 1.32. The van der Waals surface area contributed by atoms with E-state index in [-0.39, 0.29) is 41.3 Å². The number of para-hydroxylation sites is 1.